The van der Waals surface area contributed by atoms with E-state index in [4.69, 9.17) is 22.3 Å². The molecule has 0 bridgehead atoms. The normalized spacial score (nSPS) is 11.2. The highest BCUT2D eigenvalue weighted by atomic mass is 35.5. The Bertz CT molecular complexity index is 1450. The quantitative estimate of drug-likeness (QED) is 0.175. The first-order valence-electron chi connectivity index (χ1n) is 12.7. The van der Waals surface area contributed by atoms with Crippen molar-refractivity contribution in [2.75, 3.05) is 6.54 Å². The van der Waals surface area contributed by atoms with Crippen LogP contribution in [-0.2, 0) is 12.8 Å². The minimum absolute atomic E-state index is 0.0162. The maximum Gasteiger partial charge on any atom is 0.265 e. The van der Waals surface area contributed by atoms with Crippen LogP contribution in [0.1, 0.15) is 60.3 Å². The monoisotopic (exact) mass is 533 g/mol. The summed E-state index contributed by atoms with van der Waals surface area (Å²) in [5.41, 5.74) is 11.9. The van der Waals surface area contributed by atoms with Crippen molar-refractivity contribution in [3.05, 3.63) is 91.7 Å². The minimum Gasteiger partial charge on any atom is -0.330 e. The van der Waals surface area contributed by atoms with Gasteiger partial charge < -0.3 is 5.73 Å². The van der Waals surface area contributed by atoms with Crippen LogP contribution in [0.4, 0.5) is 0 Å². The second-order valence-corrected chi connectivity index (χ2v) is 10.3. The zero-order chi connectivity index (χ0) is 26.5. The van der Waals surface area contributed by atoms with E-state index in [0.29, 0.717) is 46.2 Å². The largest absolute Gasteiger partial charge is 0.330 e. The van der Waals surface area contributed by atoms with Crippen molar-refractivity contribution in [3.8, 4) is 27.5 Å². The molecule has 2 heterocycles. The molecule has 0 amide bonds. The lowest BCUT2D eigenvalue weighted by Gasteiger charge is -2.21. The van der Waals surface area contributed by atoms with Crippen LogP contribution in [0.2, 0.25) is 5.02 Å². The summed E-state index contributed by atoms with van der Waals surface area (Å²) in [5.74, 6) is 0.0162. The number of carbonyl (C=O) groups excluding carboxylic acids is 1. The van der Waals surface area contributed by atoms with Gasteiger partial charge in [0.1, 0.15) is 5.01 Å². The van der Waals surface area contributed by atoms with Crippen molar-refractivity contribution in [3.63, 3.8) is 0 Å². The number of hydrogen-bond donors (Lipinski definition) is 1. The molecule has 37 heavy (non-hydrogen) atoms. The van der Waals surface area contributed by atoms with Crippen molar-refractivity contribution in [2.45, 2.75) is 52.9 Å². The van der Waals surface area contributed by atoms with Gasteiger partial charge in [-0.1, -0.05) is 55.8 Å². The summed E-state index contributed by atoms with van der Waals surface area (Å²) in [7, 11) is 0. The Kier molecular flexibility index (Phi) is 8.75. The summed E-state index contributed by atoms with van der Waals surface area (Å²) in [4.78, 5) is 32.3. The molecule has 0 radical (unpaired) electrons. The van der Waals surface area contributed by atoms with Gasteiger partial charge in [-0.15, -0.1) is 11.3 Å². The molecule has 5 nitrogen and oxygen atoms in total. The van der Waals surface area contributed by atoms with Gasteiger partial charge in [0, 0.05) is 33.6 Å². The van der Waals surface area contributed by atoms with Crippen LogP contribution >= 0.6 is 22.9 Å². The number of benzene rings is 2. The van der Waals surface area contributed by atoms with Gasteiger partial charge in [0.05, 0.1) is 16.9 Å². The molecule has 0 unspecified atom stereocenters. The van der Waals surface area contributed by atoms with Gasteiger partial charge in [-0.3, -0.25) is 14.2 Å². The molecule has 0 aliphatic rings. The van der Waals surface area contributed by atoms with E-state index in [0.717, 1.165) is 47.3 Å². The zero-order valence-corrected chi connectivity index (χ0v) is 23.1. The van der Waals surface area contributed by atoms with Crippen molar-refractivity contribution in [2.24, 2.45) is 5.73 Å². The number of para-hydroxylation sites is 1. The molecule has 4 aromatic rings. The number of ketones is 1. The molecule has 4 rings (SSSR count). The van der Waals surface area contributed by atoms with E-state index in [1.54, 1.807) is 10.6 Å². The van der Waals surface area contributed by atoms with Gasteiger partial charge in [0.15, 0.2) is 5.78 Å². The molecule has 2 aromatic heterocycles. The third-order valence-corrected chi connectivity index (χ3v) is 7.80. The highest BCUT2D eigenvalue weighted by Crippen LogP contribution is 2.31. The lowest BCUT2D eigenvalue weighted by atomic mass is 9.98. The second kappa shape index (κ2) is 12.0. The van der Waals surface area contributed by atoms with Crippen LogP contribution in [0.25, 0.3) is 27.5 Å². The molecule has 2 N–H and O–H groups in total. The lowest BCUT2D eigenvalue weighted by molar-refractivity contribution is 0.0978. The Balaban J connectivity index is 1.94. The third kappa shape index (κ3) is 5.61. The Morgan fingerprint density at radius 1 is 1.05 bits per heavy atom. The molecular weight excluding hydrogens is 502 g/mol. The Hall–Kier alpha value is -3.06. The van der Waals surface area contributed by atoms with E-state index in [1.165, 1.54) is 11.3 Å². The number of thiazole rings is 1. The smallest absolute Gasteiger partial charge is 0.265 e. The van der Waals surface area contributed by atoms with Gasteiger partial charge >= 0.3 is 0 Å². The fourth-order valence-corrected chi connectivity index (χ4v) is 5.59. The molecule has 0 saturated carbocycles. The maximum absolute atomic E-state index is 14.1. The van der Waals surface area contributed by atoms with Crippen LogP contribution in [0, 0.1) is 6.92 Å². The third-order valence-electron chi connectivity index (χ3n) is 6.67. The van der Waals surface area contributed by atoms with E-state index < -0.39 is 0 Å². The number of aryl methyl sites for hydroxylation is 2. The number of unbranched alkanes of at least 4 members (excludes halogenated alkanes) is 1. The van der Waals surface area contributed by atoms with Crippen LogP contribution < -0.4 is 11.3 Å². The number of carbonyl (C=O) groups is 1. The molecule has 0 saturated heterocycles. The fraction of sp³-hybridized carbons (Fsp3) is 0.300. The average Bonchev–Trinajstić information content (AvgIpc) is 3.39. The van der Waals surface area contributed by atoms with Crippen LogP contribution in [0.15, 0.2) is 58.7 Å². The van der Waals surface area contributed by atoms with Crippen LogP contribution in [-0.4, -0.2) is 21.9 Å². The molecule has 0 spiro atoms. The first-order chi connectivity index (χ1) is 17.9. The molecule has 2 aromatic carbocycles. The molecule has 0 aliphatic carbocycles. The van der Waals surface area contributed by atoms with Gasteiger partial charge in [0.2, 0.25) is 0 Å². The van der Waals surface area contributed by atoms with E-state index in [1.807, 2.05) is 42.6 Å². The molecule has 0 atom stereocenters. The number of rotatable bonds is 10. The van der Waals surface area contributed by atoms with Crippen molar-refractivity contribution in [1.82, 2.24) is 9.55 Å². The zero-order valence-electron chi connectivity index (χ0n) is 21.5. The standard InChI is InChI=1S/C30H32ClN3O2S/c1-4-20-9-8-10-21(5-2)28(20)34-19(3)24(27(35)11-6-7-16-32)17-25(30(34)36)29-33-26(18-37-29)22-12-14-23(31)15-13-22/h8-10,12-15,17-18H,4-7,11,16,32H2,1-3H3. The maximum atomic E-state index is 14.1. The summed E-state index contributed by atoms with van der Waals surface area (Å²) < 4.78 is 1.74. The number of Topliss-reactive ketones (excluding diaryl/α,β-unsaturated/α-hetero) is 1. The summed E-state index contributed by atoms with van der Waals surface area (Å²) in [6, 6.07) is 15.3. The Morgan fingerprint density at radius 2 is 1.73 bits per heavy atom. The molecule has 0 fully saturated rings. The van der Waals surface area contributed by atoms with Gasteiger partial charge in [-0.05, 0) is 68.5 Å². The van der Waals surface area contributed by atoms with E-state index >= 15 is 0 Å². The number of nitrogens with two attached hydrogens (primary N) is 1. The first kappa shape index (κ1) is 27.0. The average molecular weight is 534 g/mol. The highest BCUT2D eigenvalue weighted by Gasteiger charge is 2.23. The number of aromatic nitrogens is 2. The molecular formula is C30H32ClN3O2S. The Labute approximate surface area is 227 Å². The summed E-state index contributed by atoms with van der Waals surface area (Å²) >= 11 is 7.45. The lowest BCUT2D eigenvalue weighted by Crippen LogP contribution is -2.27. The number of nitrogens with zero attached hydrogens (tertiary/aromatic N) is 2. The van der Waals surface area contributed by atoms with Crippen molar-refractivity contribution in [1.29, 1.82) is 0 Å². The van der Waals surface area contributed by atoms with Crippen molar-refractivity contribution >= 4 is 28.7 Å². The number of hydrogen-bond acceptors (Lipinski definition) is 5. The van der Waals surface area contributed by atoms with Gasteiger partial charge in [0.25, 0.3) is 5.56 Å². The number of halogens is 1. The molecule has 192 valence electrons. The molecule has 7 heteroatoms. The van der Waals surface area contributed by atoms with Crippen LogP contribution in [0.3, 0.4) is 0 Å². The summed E-state index contributed by atoms with van der Waals surface area (Å²) in [6.45, 7) is 6.59. The first-order valence-corrected chi connectivity index (χ1v) is 14.0. The fourth-order valence-electron chi connectivity index (χ4n) is 4.63. The van der Waals surface area contributed by atoms with E-state index in [-0.39, 0.29) is 11.3 Å². The molecule has 0 aliphatic heterocycles. The summed E-state index contributed by atoms with van der Waals surface area (Å²) in [6.07, 6.45) is 3.44. The summed E-state index contributed by atoms with van der Waals surface area (Å²) in [5, 5.41) is 3.18. The van der Waals surface area contributed by atoms with Crippen LogP contribution in [0.5, 0.6) is 0 Å². The SMILES string of the molecule is CCc1cccc(CC)c1-n1c(C)c(C(=O)CCCCN)cc(-c2nc(-c3ccc(Cl)cc3)cs2)c1=O. The topological polar surface area (TPSA) is 78.0 Å². The predicted octanol–water partition coefficient (Wildman–Crippen LogP) is 7.03. The Morgan fingerprint density at radius 3 is 2.35 bits per heavy atom. The van der Waals surface area contributed by atoms with Gasteiger partial charge in [-0.2, -0.15) is 0 Å². The van der Waals surface area contributed by atoms with E-state index in [2.05, 4.69) is 26.0 Å². The minimum atomic E-state index is -0.163. The van der Waals surface area contributed by atoms with E-state index in [9.17, 15) is 9.59 Å². The highest BCUT2D eigenvalue weighted by molar-refractivity contribution is 7.13. The number of pyridine rings is 1. The van der Waals surface area contributed by atoms with Gasteiger partial charge in [-0.25, -0.2) is 4.98 Å². The second-order valence-electron chi connectivity index (χ2n) is 9.04. The predicted molar refractivity (Wildman–Crippen MR) is 154 cm³/mol. The van der Waals surface area contributed by atoms with Crippen molar-refractivity contribution < 1.29 is 4.79 Å².